The van der Waals surface area contributed by atoms with Gasteiger partial charge in [0.25, 0.3) is 5.91 Å². The van der Waals surface area contributed by atoms with Gasteiger partial charge in [-0.15, -0.1) is 0 Å². The molecule has 2 rings (SSSR count). The second-order valence-corrected chi connectivity index (χ2v) is 4.84. The second kappa shape index (κ2) is 6.79. The number of phenolic OH excluding ortho intramolecular Hbond substituents is 1. The number of aryl methyl sites for hydroxylation is 1. The Bertz CT molecular complexity index is 638. The lowest BCUT2D eigenvalue weighted by molar-refractivity contribution is 0.0951. The van der Waals surface area contributed by atoms with Crippen molar-refractivity contribution in [2.24, 2.45) is 0 Å². The summed E-state index contributed by atoms with van der Waals surface area (Å²) >= 11 is 0. The zero-order chi connectivity index (χ0) is 15.2. The minimum atomic E-state index is -0.278. The molecule has 0 bridgehead atoms. The Kier molecular flexibility index (Phi) is 4.82. The van der Waals surface area contributed by atoms with Gasteiger partial charge in [0.15, 0.2) is 0 Å². The standard InChI is InChI=1S/C17H19NO3/c1-12-7-8-16(21-2)13(11-12)9-10-18-17(20)14-5-3-4-6-15(14)19/h3-8,11,19H,9-10H2,1-2H3,(H,18,20). The molecule has 0 aliphatic rings. The molecule has 0 heterocycles. The summed E-state index contributed by atoms with van der Waals surface area (Å²) in [5.41, 5.74) is 2.49. The molecule has 0 saturated heterocycles. The molecule has 0 unspecified atom stereocenters. The highest BCUT2D eigenvalue weighted by molar-refractivity contribution is 5.96. The summed E-state index contributed by atoms with van der Waals surface area (Å²) in [6, 6.07) is 12.5. The first-order valence-electron chi connectivity index (χ1n) is 6.81. The van der Waals surface area contributed by atoms with Gasteiger partial charge < -0.3 is 15.2 Å². The van der Waals surface area contributed by atoms with E-state index < -0.39 is 0 Å². The normalized spacial score (nSPS) is 10.2. The molecule has 0 aliphatic carbocycles. The summed E-state index contributed by atoms with van der Waals surface area (Å²) in [7, 11) is 1.63. The van der Waals surface area contributed by atoms with Gasteiger partial charge in [-0.3, -0.25) is 4.79 Å². The zero-order valence-electron chi connectivity index (χ0n) is 12.2. The third-order valence-electron chi connectivity index (χ3n) is 3.26. The van der Waals surface area contributed by atoms with Crippen LogP contribution in [0.4, 0.5) is 0 Å². The molecule has 0 saturated carbocycles. The highest BCUT2D eigenvalue weighted by Crippen LogP contribution is 2.20. The van der Waals surface area contributed by atoms with Crippen molar-refractivity contribution in [3.63, 3.8) is 0 Å². The number of hydrogen-bond donors (Lipinski definition) is 2. The van der Waals surface area contributed by atoms with E-state index in [9.17, 15) is 9.90 Å². The number of para-hydroxylation sites is 1. The largest absolute Gasteiger partial charge is 0.507 e. The lowest BCUT2D eigenvalue weighted by Gasteiger charge is -2.10. The molecule has 0 fully saturated rings. The predicted octanol–water partition coefficient (Wildman–Crippen LogP) is 2.68. The Morgan fingerprint density at radius 2 is 2.00 bits per heavy atom. The average molecular weight is 285 g/mol. The number of nitrogens with one attached hydrogen (secondary N) is 1. The van der Waals surface area contributed by atoms with Crippen LogP contribution >= 0.6 is 0 Å². The number of methoxy groups -OCH3 is 1. The molecule has 4 nitrogen and oxygen atoms in total. The molecule has 0 aliphatic heterocycles. The predicted molar refractivity (Wildman–Crippen MR) is 81.9 cm³/mol. The van der Waals surface area contributed by atoms with E-state index in [1.807, 2.05) is 25.1 Å². The van der Waals surface area contributed by atoms with E-state index in [0.29, 0.717) is 13.0 Å². The highest BCUT2D eigenvalue weighted by Gasteiger charge is 2.10. The number of rotatable bonds is 5. The molecular weight excluding hydrogens is 266 g/mol. The van der Waals surface area contributed by atoms with Crippen molar-refractivity contribution < 1.29 is 14.6 Å². The van der Waals surface area contributed by atoms with E-state index in [0.717, 1.165) is 16.9 Å². The molecule has 110 valence electrons. The van der Waals surface area contributed by atoms with Crippen molar-refractivity contribution in [1.82, 2.24) is 5.32 Å². The summed E-state index contributed by atoms with van der Waals surface area (Å²) in [4.78, 5) is 12.0. The van der Waals surface area contributed by atoms with Crippen molar-refractivity contribution in [3.8, 4) is 11.5 Å². The topological polar surface area (TPSA) is 58.6 Å². The van der Waals surface area contributed by atoms with Gasteiger partial charge in [-0.05, 0) is 37.1 Å². The van der Waals surface area contributed by atoms with E-state index in [1.165, 1.54) is 6.07 Å². The number of carbonyl (C=O) groups is 1. The molecule has 0 spiro atoms. The number of hydrogen-bond acceptors (Lipinski definition) is 3. The van der Waals surface area contributed by atoms with E-state index in [2.05, 4.69) is 5.32 Å². The summed E-state index contributed by atoms with van der Waals surface area (Å²) in [6.07, 6.45) is 0.671. The number of amides is 1. The highest BCUT2D eigenvalue weighted by atomic mass is 16.5. The Balaban J connectivity index is 1.97. The zero-order valence-corrected chi connectivity index (χ0v) is 12.2. The van der Waals surface area contributed by atoms with Gasteiger partial charge in [0.1, 0.15) is 11.5 Å². The molecule has 4 heteroatoms. The van der Waals surface area contributed by atoms with Gasteiger partial charge in [0.2, 0.25) is 0 Å². The fourth-order valence-corrected chi connectivity index (χ4v) is 2.17. The number of benzene rings is 2. The Morgan fingerprint density at radius 3 is 2.71 bits per heavy atom. The first kappa shape index (κ1) is 14.9. The van der Waals surface area contributed by atoms with E-state index in [4.69, 9.17) is 4.74 Å². The van der Waals surface area contributed by atoms with Crippen LogP contribution in [-0.2, 0) is 6.42 Å². The maximum atomic E-state index is 12.0. The van der Waals surface area contributed by atoms with Crippen LogP contribution in [0.3, 0.4) is 0 Å². The molecular formula is C17H19NO3. The quantitative estimate of drug-likeness (QED) is 0.888. The van der Waals surface area contributed by atoms with Crippen molar-refractivity contribution in [3.05, 3.63) is 59.2 Å². The van der Waals surface area contributed by atoms with Gasteiger partial charge in [0, 0.05) is 6.54 Å². The van der Waals surface area contributed by atoms with Crippen LogP contribution in [-0.4, -0.2) is 24.7 Å². The second-order valence-electron chi connectivity index (χ2n) is 4.84. The van der Waals surface area contributed by atoms with Crippen molar-refractivity contribution in [2.75, 3.05) is 13.7 Å². The number of phenols is 1. The molecule has 0 radical (unpaired) electrons. The lowest BCUT2D eigenvalue weighted by Crippen LogP contribution is -2.25. The van der Waals surface area contributed by atoms with Crippen LogP contribution in [0.25, 0.3) is 0 Å². The Hall–Kier alpha value is -2.49. The molecule has 1 amide bonds. The molecule has 0 atom stereocenters. The van der Waals surface area contributed by atoms with Gasteiger partial charge in [-0.1, -0.05) is 29.8 Å². The van der Waals surface area contributed by atoms with Crippen LogP contribution < -0.4 is 10.1 Å². The van der Waals surface area contributed by atoms with Gasteiger partial charge >= 0.3 is 0 Å². The molecule has 21 heavy (non-hydrogen) atoms. The van der Waals surface area contributed by atoms with Gasteiger partial charge in [0.05, 0.1) is 12.7 Å². The van der Waals surface area contributed by atoms with Crippen molar-refractivity contribution in [2.45, 2.75) is 13.3 Å². The fourth-order valence-electron chi connectivity index (χ4n) is 2.17. The van der Waals surface area contributed by atoms with Crippen LogP contribution in [0.2, 0.25) is 0 Å². The minimum absolute atomic E-state index is 0.0110. The van der Waals surface area contributed by atoms with Gasteiger partial charge in [-0.2, -0.15) is 0 Å². The average Bonchev–Trinajstić information content (AvgIpc) is 2.48. The SMILES string of the molecule is COc1ccc(C)cc1CCNC(=O)c1ccccc1O. The monoisotopic (exact) mass is 285 g/mol. The smallest absolute Gasteiger partial charge is 0.255 e. The summed E-state index contributed by atoms with van der Waals surface area (Å²) in [6.45, 7) is 2.50. The molecule has 2 N–H and O–H groups in total. The van der Waals surface area contributed by atoms with Crippen molar-refractivity contribution >= 4 is 5.91 Å². The minimum Gasteiger partial charge on any atom is -0.507 e. The number of carbonyl (C=O) groups excluding carboxylic acids is 1. The molecule has 2 aromatic carbocycles. The fraction of sp³-hybridized carbons (Fsp3) is 0.235. The Morgan fingerprint density at radius 1 is 1.24 bits per heavy atom. The summed E-state index contributed by atoms with van der Waals surface area (Å²) in [5, 5.41) is 12.4. The van der Waals surface area contributed by atoms with E-state index in [1.54, 1.807) is 25.3 Å². The van der Waals surface area contributed by atoms with Crippen LogP contribution in [0, 0.1) is 6.92 Å². The molecule has 0 aromatic heterocycles. The summed E-state index contributed by atoms with van der Waals surface area (Å²) < 4.78 is 5.31. The Labute approximate surface area is 124 Å². The lowest BCUT2D eigenvalue weighted by atomic mass is 10.1. The third-order valence-corrected chi connectivity index (χ3v) is 3.26. The van der Waals surface area contributed by atoms with Crippen molar-refractivity contribution in [1.29, 1.82) is 0 Å². The first-order valence-corrected chi connectivity index (χ1v) is 6.81. The number of ether oxygens (including phenoxy) is 1. The number of aromatic hydroxyl groups is 1. The maximum Gasteiger partial charge on any atom is 0.255 e. The summed E-state index contributed by atoms with van der Waals surface area (Å²) in [5.74, 6) is 0.528. The van der Waals surface area contributed by atoms with E-state index in [-0.39, 0.29) is 17.2 Å². The van der Waals surface area contributed by atoms with E-state index >= 15 is 0 Å². The van der Waals surface area contributed by atoms with Crippen LogP contribution in [0.5, 0.6) is 11.5 Å². The van der Waals surface area contributed by atoms with Gasteiger partial charge in [-0.25, -0.2) is 0 Å². The first-order chi connectivity index (χ1) is 10.1. The maximum absolute atomic E-state index is 12.0. The van der Waals surface area contributed by atoms with Crippen LogP contribution in [0.1, 0.15) is 21.5 Å². The van der Waals surface area contributed by atoms with Crippen LogP contribution in [0.15, 0.2) is 42.5 Å². The third kappa shape index (κ3) is 3.75. The molecule has 2 aromatic rings.